The molecule has 0 saturated heterocycles. The third-order valence-corrected chi connectivity index (χ3v) is 5.46. The Labute approximate surface area is 181 Å². The Kier molecular flexibility index (Phi) is 6.05. The van der Waals surface area contributed by atoms with E-state index in [1.54, 1.807) is 7.11 Å². The molecule has 0 fully saturated rings. The van der Waals surface area contributed by atoms with Gasteiger partial charge in [-0.3, -0.25) is 9.55 Å². The minimum atomic E-state index is 0.675. The Balaban J connectivity index is 1.73. The van der Waals surface area contributed by atoms with Gasteiger partial charge >= 0.3 is 0 Å². The summed E-state index contributed by atoms with van der Waals surface area (Å²) in [4.78, 5) is 4.08. The van der Waals surface area contributed by atoms with Crippen LogP contribution in [-0.2, 0) is 13.0 Å². The molecule has 0 unspecified atom stereocenters. The highest BCUT2D eigenvalue weighted by Gasteiger charge is 2.17. The number of rotatable bonds is 7. The third-order valence-electron chi connectivity index (χ3n) is 5.06. The van der Waals surface area contributed by atoms with Crippen LogP contribution in [0.2, 0.25) is 0 Å². The van der Waals surface area contributed by atoms with E-state index in [9.17, 15) is 0 Å². The van der Waals surface area contributed by atoms with Crippen molar-refractivity contribution < 1.29 is 4.74 Å². The van der Waals surface area contributed by atoms with Crippen molar-refractivity contribution >= 4 is 12.2 Å². The van der Waals surface area contributed by atoms with Crippen LogP contribution in [0.25, 0.3) is 17.1 Å². The highest BCUT2D eigenvalue weighted by molar-refractivity contribution is 7.71. The maximum absolute atomic E-state index is 5.85. The van der Waals surface area contributed by atoms with Crippen LogP contribution in [-0.4, -0.2) is 26.4 Å². The Hall–Kier alpha value is -3.25. The van der Waals surface area contributed by atoms with E-state index in [1.165, 1.54) is 11.1 Å². The number of nitrogens with zero attached hydrogens (tertiary/aromatic N) is 4. The average Bonchev–Trinajstić information content (AvgIpc) is 3.11. The van der Waals surface area contributed by atoms with Gasteiger partial charge in [-0.05, 0) is 73.9 Å². The zero-order valence-corrected chi connectivity index (χ0v) is 18.0. The fourth-order valence-electron chi connectivity index (χ4n) is 3.47. The number of aromatic nitrogens is 4. The Bertz CT molecular complexity index is 1180. The second-order valence-electron chi connectivity index (χ2n) is 7.16. The lowest BCUT2D eigenvalue weighted by Gasteiger charge is -2.10. The summed E-state index contributed by atoms with van der Waals surface area (Å²) >= 11 is 5.85. The first kappa shape index (κ1) is 20.0. The van der Waals surface area contributed by atoms with E-state index >= 15 is 0 Å². The van der Waals surface area contributed by atoms with Gasteiger partial charge in [-0.1, -0.05) is 29.8 Å². The van der Waals surface area contributed by atoms with Crippen molar-refractivity contribution in [3.63, 3.8) is 0 Å². The molecule has 0 aliphatic rings. The summed E-state index contributed by atoms with van der Waals surface area (Å²) in [6, 6.07) is 20.3. The number of hydrogen-bond donors (Lipinski definition) is 0. The lowest BCUT2D eigenvalue weighted by molar-refractivity contribution is 0.416. The molecule has 4 aromatic rings. The van der Waals surface area contributed by atoms with Crippen LogP contribution >= 0.6 is 12.2 Å². The van der Waals surface area contributed by atoms with Gasteiger partial charge in [0, 0.05) is 24.6 Å². The SMILES string of the molecule is COc1ccccc1-c1nn(CCCc2ccncc2)c(=S)n1-c1ccc(C)cc1. The molecule has 0 radical (unpaired) electrons. The van der Waals surface area contributed by atoms with Gasteiger partial charge in [0.1, 0.15) is 5.75 Å². The summed E-state index contributed by atoms with van der Waals surface area (Å²) in [5.41, 5.74) is 4.37. The lowest BCUT2D eigenvalue weighted by atomic mass is 10.1. The lowest BCUT2D eigenvalue weighted by Crippen LogP contribution is -2.03. The molecule has 5 nitrogen and oxygen atoms in total. The number of pyridine rings is 1. The summed E-state index contributed by atoms with van der Waals surface area (Å²) in [7, 11) is 1.68. The van der Waals surface area contributed by atoms with Gasteiger partial charge < -0.3 is 4.74 Å². The van der Waals surface area contributed by atoms with E-state index in [-0.39, 0.29) is 0 Å². The fourth-order valence-corrected chi connectivity index (χ4v) is 3.79. The van der Waals surface area contributed by atoms with E-state index < -0.39 is 0 Å². The summed E-state index contributed by atoms with van der Waals surface area (Å²) in [6.07, 6.45) is 5.54. The number of hydrogen-bond acceptors (Lipinski definition) is 4. The molecule has 0 spiro atoms. The van der Waals surface area contributed by atoms with Crippen molar-refractivity contribution in [1.29, 1.82) is 0 Å². The number of aryl methyl sites for hydroxylation is 3. The zero-order valence-electron chi connectivity index (χ0n) is 17.2. The molecule has 2 heterocycles. The van der Waals surface area contributed by atoms with Gasteiger partial charge in [0.05, 0.1) is 12.7 Å². The first-order valence-corrected chi connectivity index (χ1v) is 10.4. The van der Waals surface area contributed by atoms with E-state index in [0.29, 0.717) is 4.77 Å². The van der Waals surface area contributed by atoms with Gasteiger partial charge in [0.15, 0.2) is 5.82 Å². The van der Waals surface area contributed by atoms with E-state index in [0.717, 1.165) is 42.2 Å². The molecule has 0 aliphatic carbocycles. The quantitative estimate of drug-likeness (QED) is 0.378. The normalized spacial score (nSPS) is 10.9. The first-order chi connectivity index (χ1) is 14.7. The molecule has 6 heteroatoms. The maximum Gasteiger partial charge on any atom is 0.202 e. The standard InChI is InChI=1S/C24H24N4OS/c1-18-9-11-20(12-10-18)28-23(21-7-3-4-8-22(21)29-2)26-27(24(28)30)17-5-6-19-13-15-25-16-14-19/h3-4,7-16H,5-6,17H2,1-2H3. The Morgan fingerprint density at radius 2 is 1.70 bits per heavy atom. The molecule has 0 amide bonds. The smallest absolute Gasteiger partial charge is 0.202 e. The molecule has 152 valence electrons. The summed E-state index contributed by atoms with van der Waals surface area (Å²) in [5.74, 6) is 1.56. The van der Waals surface area contributed by atoms with Gasteiger partial charge in [0.2, 0.25) is 4.77 Å². The maximum atomic E-state index is 5.85. The molecule has 0 atom stereocenters. The van der Waals surface area contributed by atoms with Gasteiger partial charge in [-0.2, -0.15) is 5.10 Å². The van der Waals surface area contributed by atoms with E-state index in [1.807, 2.05) is 58.0 Å². The van der Waals surface area contributed by atoms with Crippen molar-refractivity contribution in [3.8, 4) is 22.8 Å². The first-order valence-electron chi connectivity index (χ1n) is 9.96. The average molecular weight is 417 g/mol. The predicted molar refractivity (Wildman–Crippen MR) is 122 cm³/mol. The molecular weight excluding hydrogens is 392 g/mol. The van der Waals surface area contributed by atoms with E-state index in [2.05, 4.69) is 36.2 Å². The second kappa shape index (κ2) is 9.05. The minimum Gasteiger partial charge on any atom is -0.496 e. The number of methoxy groups -OCH3 is 1. The van der Waals surface area contributed by atoms with Crippen LogP contribution in [0.4, 0.5) is 0 Å². The van der Waals surface area contributed by atoms with Crippen LogP contribution in [0.5, 0.6) is 5.75 Å². The van der Waals surface area contributed by atoms with Crippen molar-refractivity contribution in [2.45, 2.75) is 26.3 Å². The van der Waals surface area contributed by atoms with Crippen molar-refractivity contribution in [2.24, 2.45) is 0 Å². The second-order valence-corrected chi connectivity index (χ2v) is 7.52. The van der Waals surface area contributed by atoms with Crippen LogP contribution in [0.3, 0.4) is 0 Å². The number of para-hydroxylation sites is 1. The molecule has 0 aliphatic heterocycles. The van der Waals surface area contributed by atoms with Crippen LogP contribution < -0.4 is 4.74 Å². The monoisotopic (exact) mass is 416 g/mol. The largest absolute Gasteiger partial charge is 0.496 e. The Morgan fingerprint density at radius 1 is 0.967 bits per heavy atom. The number of ether oxygens (including phenoxy) is 1. The van der Waals surface area contributed by atoms with Crippen LogP contribution in [0.1, 0.15) is 17.5 Å². The molecular formula is C24H24N4OS. The molecule has 4 rings (SSSR count). The molecule has 30 heavy (non-hydrogen) atoms. The highest BCUT2D eigenvalue weighted by atomic mass is 32.1. The van der Waals surface area contributed by atoms with Crippen molar-refractivity contribution in [1.82, 2.24) is 19.3 Å². The summed E-state index contributed by atoms with van der Waals surface area (Å²) in [6.45, 7) is 2.81. The van der Waals surface area contributed by atoms with Crippen molar-refractivity contribution in [3.05, 3.63) is 89.0 Å². The minimum absolute atomic E-state index is 0.675. The Morgan fingerprint density at radius 3 is 2.43 bits per heavy atom. The van der Waals surface area contributed by atoms with Crippen LogP contribution in [0, 0.1) is 11.7 Å². The molecule has 0 bridgehead atoms. The van der Waals surface area contributed by atoms with Crippen molar-refractivity contribution in [2.75, 3.05) is 7.11 Å². The molecule has 0 saturated carbocycles. The molecule has 2 aromatic carbocycles. The van der Waals surface area contributed by atoms with Gasteiger partial charge in [-0.25, -0.2) is 4.68 Å². The highest BCUT2D eigenvalue weighted by Crippen LogP contribution is 2.30. The zero-order chi connectivity index (χ0) is 20.9. The molecule has 2 aromatic heterocycles. The van der Waals surface area contributed by atoms with Crippen LogP contribution in [0.15, 0.2) is 73.1 Å². The molecule has 0 N–H and O–H groups in total. The van der Waals surface area contributed by atoms with Gasteiger partial charge in [-0.15, -0.1) is 0 Å². The summed E-state index contributed by atoms with van der Waals surface area (Å²) < 4.78 is 10.2. The predicted octanol–water partition coefficient (Wildman–Crippen LogP) is 5.42. The fraction of sp³-hybridized carbons (Fsp3) is 0.208. The number of benzene rings is 2. The third kappa shape index (κ3) is 4.19. The topological polar surface area (TPSA) is 44.9 Å². The summed E-state index contributed by atoms with van der Waals surface area (Å²) in [5, 5.41) is 4.90. The van der Waals surface area contributed by atoms with Gasteiger partial charge in [0.25, 0.3) is 0 Å². The van der Waals surface area contributed by atoms with E-state index in [4.69, 9.17) is 22.1 Å².